The Morgan fingerprint density at radius 1 is 1.30 bits per heavy atom. The molecule has 122 valence electrons. The van der Waals surface area contributed by atoms with E-state index >= 15 is 0 Å². The maximum absolute atomic E-state index is 12.2. The zero-order valence-corrected chi connectivity index (χ0v) is 14.2. The van der Waals surface area contributed by atoms with Crippen molar-refractivity contribution in [2.75, 3.05) is 0 Å². The van der Waals surface area contributed by atoms with Gasteiger partial charge in [-0.2, -0.15) is 0 Å². The minimum absolute atomic E-state index is 0.170. The van der Waals surface area contributed by atoms with Crippen LogP contribution in [0.15, 0.2) is 41.8 Å². The predicted molar refractivity (Wildman–Crippen MR) is 91.8 cm³/mol. The molecular formula is C17H18ClNO3S. The van der Waals surface area contributed by atoms with E-state index in [1.807, 2.05) is 41.8 Å². The average molecular weight is 352 g/mol. The molecule has 23 heavy (non-hydrogen) atoms. The highest BCUT2D eigenvalue weighted by Gasteiger charge is 2.26. The number of aryl methyl sites for hydroxylation is 1. The van der Waals surface area contributed by atoms with Crippen LogP contribution in [0.2, 0.25) is 5.02 Å². The summed E-state index contributed by atoms with van der Waals surface area (Å²) in [5, 5.41) is 14.6. The summed E-state index contributed by atoms with van der Waals surface area (Å²) in [6, 6.07) is 10.5. The second kappa shape index (κ2) is 8.13. The van der Waals surface area contributed by atoms with Gasteiger partial charge in [0.2, 0.25) is 5.91 Å². The molecule has 2 N–H and O–H groups in total. The standard InChI is InChI=1S/C17H18ClNO3S/c1-11(17(21)22)16(12-5-3-2-4-6-12)19-15(20)8-7-14-9-13(18)10-23-14/h2-6,9-11,16H,7-8H2,1H3,(H,19,20)(H,21,22). The molecule has 2 aromatic rings. The lowest BCUT2D eigenvalue weighted by molar-refractivity contribution is -0.142. The minimum Gasteiger partial charge on any atom is -0.481 e. The van der Waals surface area contributed by atoms with Crippen LogP contribution in [0.1, 0.15) is 29.8 Å². The zero-order chi connectivity index (χ0) is 16.8. The first-order valence-corrected chi connectivity index (χ1v) is 8.53. The molecule has 1 heterocycles. The molecule has 0 spiro atoms. The number of amides is 1. The van der Waals surface area contributed by atoms with E-state index in [9.17, 15) is 14.7 Å². The number of carboxylic acids is 1. The Balaban J connectivity index is 2.02. The van der Waals surface area contributed by atoms with E-state index in [0.717, 1.165) is 10.4 Å². The molecule has 0 radical (unpaired) electrons. The van der Waals surface area contributed by atoms with E-state index in [1.165, 1.54) is 11.3 Å². The number of halogens is 1. The normalized spacial score (nSPS) is 13.3. The van der Waals surface area contributed by atoms with Gasteiger partial charge in [0.05, 0.1) is 17.0 Å². The van der Waals surface area contributed by atoms with E-state index in [4.69, 9.17) is 11.6 Å². The number of hydrogen-bond donors (Lipinski definition) is 2. The van der Waals surface area contributed by atoms with Gasteiger partial charge in [-0.15, -0.1) is 11.3 Å². The Labute approximate surface area is 144 Å². The van der Waals surface area contributed by atoms with Crippen LogP contribution in [0.4, 0.5) is 0 Å². The Bertz CT molecular complexity index is 671. The summed E-state index contributed by atoms with van der Waals surface area (Å²) in [5.41, 5.74) is 0.787. The maximum Gasteiger partial charge on any atom is 0.308 e. The number of carbonyl (C=O) groups excluding carboxylic acids is 1. The molecule has 0 aliphatic heterocycles. The van der Waals surface area contributed by atoms with Gasteiger partial charge < -0.3 is 10.4 Å². The summed E-state index contributed by atoms with van der Waals surface area (Å²) in [7, 11) is 0. The monoisotopic (exact) mass is 351 g/mol. The fraction of sp³-hybridized carbons (Fsp3) is 0.294. The van der Waals surface area contributed by atoms with Gasteiger partial charge in [0.15, 0.2) is 0 Å². The van der Waals surface area contributed by atoms with Crippen molar-refractivity contribution in [1.29, 1.82) is 0 Å². The van der Waals surface area contributed by atoms with E-state index < -0.39 is 17.9 Å². The van der Waals surface area contributed by atoms with E-state index in [-0.39, 0.29) is 5.91 Å². The maximum atomic E-state index is 12.2. The minimum atomic E-state index is -0.941. The number of hydrogen-bond acceptors (Lipinski definition) is 3. The molecule has 0 saturated carbocycles. The summed E-state index contributed by atoms with van der Waals surface area (Å²) >= 11 is 7.37. The van der Waals surface area contributed by atoms with Crippen molar-refractivity contribution >= 4 is 34.8 Å². The van der Waals surface area contributed by atoms with Gasteiger partial charge in [0.1, 0.15) is 0 Å². The highest BCUT2D eigenvalue weighted by molar-refractivity contribution is 7.10. The number of rotatable bonds is 7. The molecule has 1 amide bonds. The molecule has 2 atom stereocenters. The Morgan fingerprint density at radius 3 is 2.57 bits per heavy atom. The Hall–Kier alpha value is -1.85. The molecule has 0 saturated heterocycles. The van der Waals surface area contributed by atoms with Crippen molar-refractivity contribution in [3.8, 4) is 0 Å². The van der Waals surface area contributed by atoms with Crippen molar-refractivity contribution in [2.24, 2.45) is 5.92 Å². The molecule has 4 nitrogen and oxygen atoms in total. The van der Waals surface area contributed by atoms with Crippen LogP contribution in [0.5, 0.6) is 0 Å². The van der Waals surface area contributed by atoms with Gasteiger partial charge in [-0.1, -0.05) is 41.9 Å². The third kappa shape index (κ3) is 5.08. The number of aliphatic carboxylic acids is 1. The van der Waals surface area contributed by atoms with Gasteiger partial charge in [-0.05, 0) is 25.0 Å². The van der Waals surface area contributed by atoms with Gasteiger partial charge in [-0.3, -0.25) is 9.59 Å². The lowest BCUT2D eigenvalue weighted by Crippen LogP contribution is -2.35. The molecule has 0 bridgehead atoms. The fourth-order valence-corrected chi connectivity index (χ4v) is 3.34. The average Bonchev–Trinajstić information content (AvgIpc) is 2.96. The molecule has 0 aliphatic carbocycles. The van der Waals surface area contributed by atoms with Crippen molar-refractivity contribution in [1.82, 2.24) is 5.32 Å². The van der Waals surface area contributed by atoms with Crippen molar-refractivity contribution in [3.05, 3.63) is 57.2 Å². The summed E-state index contributed by atoms with van der Waals surface area (Å²) in [6.07, 6.45) is 0.888. The van der Waals surface area contributed by atoms with Crippen LogP contribution in [0.3, 0.4) is 0 Å². The largest absolute Gasteiger partial charge is 0.481 e. The first-order valence-electron chi connectivity index (χ1n) is 7.27. The van der Waals surface area contributed by atoms with Gasteiger partial charge >= 0.3 is 5.97 Å². The summed E-state index contributed by atoms with van der Waals surface area (Å²) in [6.45, 7) is 1.60. The number of carboxylic acid groups (broad SMARTS) is 1. The second-order valence-corrected chi connectivity index (χ2v) is 6.75. The number of nitrogens with one attached hydrogen (secondary N) is 1. The summed E-state index contributed by atoms with van der Waals surface area (Å²) in [5.74, 6) is -1.82. The SMILES string of the molecule is CC(C(=O)O)C(NC(=O)CCc1cc(Cl)cs1)c1ccccc1. The Kier molecular flexibility index (Phi) is 6.19. The number of thiophene rings is 1. The van der Waals surface area contributed by atoms with Gasteiger partial charge in [0, 0.05) is 16.7 Å². The van der Waals surface area contributed by atoms with E-state index in [1.54, 1.807) is 6.92 Å². The lowest BCUT2D eigenvalue weighted by atomic mass is 9.94. The van der Waals surface area contributed by atoms with Crippen LogP contribution in [0, 0.1) is 5.92 Å². The Morgan fingerprint density at radius 2 is 2.00 bits per heavy atom. The van der Waals surface area contributed by atoms with Crippen LogP contribution >= 0.6 is 22.9 Å². The van der Waals surface area contributed by atoms with Crippen molar-refractivity contribution in [3.63, 3.8) is 0 Å². The van der Waals surface area contributed by atoms with Crippen LogP contribution in [-0.2, 0) is 16.0 Å². The highest BCUT2D eigenvalue weighted by Crippen LogP contribution is 2.23. The summed E-state index contributed by atoms with van der Waals surface area (Å²) < 4.78 is 0. The molecule has 0 fully saturated rings. The number of benzene rings is 1. The van der Waals surface area contributed by atoms with Crippen molar-refractivity contribution in [2.45, 2.75) is 25.8 Å². The van der Waals surface area contributed by atoms with Crippen LogP contribution < -0.4 is 5.32 Å². The first-order chi connectivity index (χ1) is 11.0. The van der Waals surface area contributed by atoms with Gasteiger partial charge in [-0.25, -0.2) is 0 Å². The second-order valence-electron chi connectivity index (χ2n) is 5.31. The molecular weight excluding hydrogens is 334 g/mol. The van der Waals surface area contributed by atoms with Crippen molar-refractivity contribution < 1.29 is 14.7 Å². The van der Waals surface area contributed by atoms with E-state index in [2.05, 4.69) is 5.32 Å². The highest BCUT2D eigenvalue weighted by atomic mass is 35.5. The third-order valence-corrected chi connectivity index (χ3v) is 4.93. The molecule has 1 aromatic heterocycles. The molecule has 1 aromatic carbocycles. The van der Waals surface area contributed by atoms with Crippen LogP contribution in [0.25, 0.3) is 0 Å². The molecule has 2 rings (SSSR count). The number of carbonyl (C=O) groups is 2. The quantitative estimate of drug-likeness (QED) is 0.794. The molecule has 2 unspecified atom stereocenters. The first kappa shape index (κ1) is 17.5. The molecule has 0 aliphatic rings. The van der Waals surface area contributed by atoms with Crippen LogP contribution in [-0.4, -0.2) is 17.0 Å². The predicted octanol–water partition coefficient (Wildman–Crippen LogP) is 3.91. The summed E-state index contributed by atoms with van der Waals surface area (Å²) in [4.78, 5) is 24.5. The van der Waals surface area contributed by atoms with E-state index in [0.29, 0.717) is 17.9 Å². The molecule has 6 heteroatoms. The third-order valence-electron chi connectivity index (χ3n) is 3.58. The fourth-order valence-electron chi connectivity index (χ4n) is 2.27. The zero-order valence-electron chi connectivity index (χ0n) is 12.7. The lowest BCUT2D eigenvalue weighted by Gasteiger charge is -2.23. The smallest absolute Gasteiger partial charge is 0.308 e. The topological polar surface area (TPSA) is 66.4 Å². The van der Waals surface area contributed by atoms with Gasteiger partial charge in [0.25, 0.3) is 0 Å².